The number of benzene rings is 1. The van der Waals surface area contributed by atoms with E-state index in [9.17, 15) is 0 Å². The zero-order chi connectivity index (χ0) is 13.6. The first-order valence-corrected chi connectivity index (χ1v) is 7.21. The Morgan fingerprint density at radius 2 is 1.44 bits per heavy atom. The van der Waals surface area contributed by atoms with Crippen LogP contribution in [0.15, 0.2) is 24.3 Å². The van der Waals surface area contributed by atoms with E-state index in [1.807, 2.05) is 0 Å². The molecule has 0 aliphatic heterocycles. The zero-order valence-electron chi connectivity index (χ0n) is 12.6. The normalized spacial score (nSPS) is 11.4. The Hall–Kier alpha value is -1.18. The van der Waals surface area contributed by atoms with Gasteiger partial charge in [-0.1, -0.05) is 13.8 Å². The smallest absolute Gasteiger partial charge is 0.0367 e. The van der Waals surface area contributed by atoms with Gasteiger partial charge in [0.25, 0.3) is 0 Å². The Balaban J connectivity index is 2.77. The molecule has 0 spiro atoms. The van der Waals surface area contributed by atoms with Crippen LogP contribution in [0.25, 0.3) is 0 Å². The molecule has 0 radical (unpaired) electrons. The van der Waals surface area contributed by atoms with E-state index < -0.39 is 0 Å². The van der Waals surface area contributed by atoms with Crippen molar-refractivity contribution in [3.63, 3.8) is 0 Å². The van der Waals surface area contributed by atoms with Crippen LogP contribution >= 0.6 is 0 Å². The highest BCUT2D eigenvalue weighted by molar-refractivity contribution is 5.55. The third kappa shape index (κ3) is 3.66. The van der Waals surface area contributed by atoms with Crippen LogP contribution in [0.5, 0.6) is 0 Å². The molecule has 2 nitrogen and oxygen atoms in total. The monoisotopic (exact) mass is 248 g/mol. The molecule has 1 N–H and O–H groups in total. The standard InChI is InChI=1S/C16H28N2/c1-6-16(5,7-2)17-14-10-12-15(13-11-14)18(8-3)9-4/h10-13,17H,6-9H2,1-5H3. The molecule has 1 rings (SSSR count). The Kier molecular flexibility index (Phi) is 5.52. The molecule has 0 heterocycles. The number of nitrogens with zero attached hydrogens (tertiary/aromatic N) is 1. The van der Waals surface area contributed by atoms with Gasteiger partial charge in [0.15, 0.2) is 0 Å². The summed E-state index contributed by atoms with van der Waals surface area (Å²) in [6.07, 6.45) is 2.28. The predicted octanol–water partition coefficient (Wildman–Crippen LogP) is 4.52. The Labute approximate surface area is 112 Å². The number of anilines is 2. The molecule has 18 heavy (non-hydrogen) atoms. The average molecular weight is 248 g/mol. The molecule has 0 amide bonds. The first kappa shape index (κ1) is 14.9. The van der Waals surface area contributed by atoms with Gasteiger partial charge in [-0.15, -0.1) is 0 Å². The van der Waals surface area contributed by atoms with E-state index in [1.165, 1.54) is 11.4 Å². The molecular formula is C16H28N2. The maximum Gasteiger partial charge on any atom is 0.0367 e. The topological polar surface area (TPSA) is 15.3 Å². The molecule has 0 unspecified atom stereocenters. The Morgan fingerprint density at radius 3 is 1.83 bits per heavy atom. The summed E-state index contributed by atoms with van der Waals surface area (Å²) in [4.78, 5) is 2.36. The number of nitrogens with one attached hydrogen (secondary N) is 1. The fourth-order valence-electron chi connectivity index (χ4n) is 2.12. The summed E-state index contributed by atoms with van der Waals surface area (Å²) in [6, 6.07) is 8.80. The second-order valence-electron chi connectivity index (χ2n) is 5.11. The highest BCUT2D eigenvalue weighted by Gasteiger charge is 2.18. The van der Waals surface area contributed by atoms with Crippen molar-refractivity contribution in [3.05, 3.63) is 24.3 Å². The van der Waals surface area contributed by atoms with Gasteiger partial charge in [0.1, 0.15) is 0 Å². The van der Waals surface area contributed by atoms with E-state index >= 15 is 0 Å². The molecular weight excluding hydrogens is 220 g/mol. The summed E-state index contributed by atoms with van der Waals surface area (Å²) in [7, 11) is 0. The highest BCUT2D eigenvalue weighted by Crippen LogP contribution is 2.24. The number of hydrogen-bond acceptors (Lipinski definition) is 2. The largest absolute Gasteiger partial charge is 0.380 e. The van der Waals surface area contributed by atoms with Crippen molar-refractivity contribution in [1.29, 1.82) is 0 Å². The fourth-order valence-corrected chi connectivity index (χ4v) is 2.12. The van der Waals surface area contributed by atoms with Crippen LogP contribution in [-0.4, -0.2) is 18.6 Å². The summed E-state index contributed by atoms with van der Waals surface area (Å²) >= 11 is 0. The molecule has 0 saturated carbocycles. The lowest BCUT2D eigenvalue weighted by Crippen LogP contribution is -2.32. The van der Waals surface area contributed by atoms with Gasteiger partial charge in [-0.2, -0.15) is 0 Å². The molecule has 0 atom stereocenters. The molecule has 1 aromatic carbocycles. The first-order valence-electron chi connectivity index (χ1n) is 7.21. The van der Waals surface area contributed by atoms with Crippen LogP contribution in [0.1, 0.15) is 47.5 Å². The van der Waals surface area contributed by atoms with Crippen molar-refractivity contribution >= 4 is 11.4 Å². The van der Waals surface area contributed by atoms with Crippen molar-refractivity contribution in [2.45, 2.75) is 53.0 Å². The lowest BCUT2D eigenvalue weighted by atomic mass is 9.95. The van der Waals surface area contributed by atoms with Crippen molar-refractivity contribution in [2.24, 2.45) is 0 Å². The molecule has 0 bridgehead atoms. The molecule has 0 saturated heterocycles. The summed E-state index contributed by atoms with van der Waals surface area (Å²) in [6.45, 7) is 13.3. The maximum atomic E-state index is 3.64. The number of rotatable bonds is 7. The van der Waals surface area contributed by atoms with Crippen LogP contribution in [-0.2, 0) is 0 Å². The minimum Gasteiger partial charge on any atom is -0.380 e. The molecule has 0 aliphatic carbocycles. The van der Waals surface area contributed by atoms with Gasteiger partial charge in [-0.05, 0) is 57.9 Å². The van der Waals surface area contributed by atoms with E-state index in [0.717, 1.165) is 25.9 Å². The lowest BCUT2D eigenvalue weighted by Gasteiger charge is -2.30. The van der Waals surface area contributed by atoms with Gasteiger partial charge in [-0.3, -0.25) is 0 Å². The third-order valence-electron chi connectivity index (χ3n) is 4.00. The molecule has 102 valence electrons. The summed E-state index contributed by atoms with van der Waals surface area (Å²) < 4.78 is 0. The van der Waals surface area contributed by atoms with Crippen LogP contribution < -0.4 is 10.2 Å². The van der Waals surface area contributed by atoms with E-state index in [-0.39, 0.29) is 5.54 Å². The van der Waals surface area contributed by atoms with Crippen LogP contribution in [0, 0.1) is 0 Å². The molecule has 1 aromatic rings. The minimum absolute atomic E-state index is 0.205. The van der Waals surface area contributed by atoms with Gasteiger partial charge < -0.3 is 10.2 Å². The lowest BCUT2D eigenvalue weighted by molar-refractivity contribution is 0.478. The number of hydrogen-bond donors (Lipinski definition) is 1. The second-order valence-corrected chi connectivity index (χ2v) is 5.11. The van der Waals surface area contributed by atoms with E-state index in [4.69, 9.17) is 0 Å². The van der Waals surface area contributed by atoms with Crippen LogP contribution in [0.4, 0.5) is 11.4 Å². The Bertz CT molecular complexity index is 335. The molecule has 0 aromatic heterocycles. The van der Waals surface area contributed by atoms with E-state index in [1.54, 1.807) is 0 Å². The summed E-state index contributed by atoms with van der Waals surface area (Å²) in [5.41, 5.74) is 2.73. The van der Waals surface area contributed by atoms with Gasteiger partial charge in [0, 0.05) is 30.0 Å². The van der Waals surface area contributed by atoms with E-state index in [0.29, 0.717) is 0 Å². The van der Waals surface area contributed by atoms with Crippen molar-refractivity contribution in [3.8, 4) is 0 Å². The highest BCUT2D eigenvalue weighted by atomic mass is 15.1. The third-order valence-corrected chi connectivity index (χ3v) is 4.00. The van der Waals surface area contributed by atoms with Crippen LogP contribution in [0.3, 0.4) is 0 Å². The first-order chi connectivity index (χ1) is 8.58. The Morgan fingerprint density at radius 1 is 0.944 bits per heavy atom. The second kappa shape index (κ2) is 6.67. The van der Waals surface area contributed by atoms with Gasteiger partial charge >= 0.3 is 0 Å². The van der Waals surface area contributed by atoms with Crippen molar-refractivity contribution < 1.29 is 0 Å². The van der Waals surface area contributed by atoms with Crippen molar-refractivity contribution in [2.75, 3.05) is 23.3 Å². The average Bonchev–Trinajstić information content (AvgIpc) is 2.42. The van der Waals surface area contributed by atoms with Gasteiger partial charge in [0.05, 0.1) is 0 Å². The SMILES string of the molecule is CCN(CC)c1ccc(NC(C)(CC)CC)cc1. The summed E-state index contributed by atoms with van der Waals surface area (Å²) in [5, 5.41) is 3.64. The van der Waals surface area contributed by atoms with Crippen LogP contribution in [0.2, 0.25) is 0 Å². The van der Waals surface area contributed by atoms with Gasteiger partial charge in [0.2, 0.25) is 0 Å². The fraction of sp³-hybridized carbons (Fsp3) is 0.625. The molecule has 0 fully saturated rings. The van der Waals surface area contributed by atoms with Gasteiger partial charge in [-0.25, -0.2) is 0 Å². The molecule has 0 aliphatic rings. The summed E-state index contributed by atoms with van der Waals surface area (Å²) in [5.74, 6) is 0. The maximum absolute atomic E-state index is 3.64. The quantitative estimate of drug-likeness (QED) is 0.763. The zero-order valence-corrected chi connectivity index (χ0v) is 12.6. The van der Waals surface area contributed by atoms with Crippen molar-refractivity contribution in [1.82, 2.24) is 0 Å². The molecule has 2 heteroatoms. The minimum atomic E-state index is 0.205. The predicted molar refractivity (Wildman–Crippen MR) is 82.6 cm³/mol. The van der Waals surface area contributed by atoms with E-state index in [2.05, 4.69) is 69.1 Å².